The number of halogens is 1. The Morgan fingerprint density at radius 3 is 2.80 bits per heavy atom. The number of aliphatic imine (C=N–C) groups is 1. The van der Waals surface area contributed by atoms with Crippen molar-refractivity contribution in [1.29, 1.82) is 0 Å². The van der Waals surface area contributed by atoms with Gasteiger partial charge in [0.25, 0.3) is 0 Å². The molecule has 0 atom stereocenters. The molecule has 0 unspecified atom stereocenters. The molecule has 0 spiro atoms. The summed E-state index contributed by atoms with van der Waals surface area (Å²) in [4.78, 5) is 18.5. The largest absolute Gasteiger partial charge is 0.492 e. The van der Waals surface area contributed by atoms with Gasteiger partial charge in [-0.25, -0.2) is 4.39 Å². The molecular weight excluding hydrogens is 385 g/mol. The molecule has 3 rings (SSSR count). The van der Waals surface area contributed by atoms with Crippen molar-refractivity contribution < 1.29 is 13.9 Å². The standard InChI is InChI=1S/C22H26FN5O2/c1-15(29)28-18-4-3-5-19(13-18)30-11-10-26-22(24-2)25-9-8-16-14-27-21-7-6-17(23)12-20(16)21/h3-7,12-14,27H,8-11H2,1-2H3,(H,28,29)(H2,24,25,26). The van der Waals surface area contributed by atoms with Crippen LogP contribution in [0.15, 0.2) is 53.7 Å². The number of nitrogens with zero attached hydrogens (tertiary/aromatic N) is 1. The lowest BCUT2D eigenvalue weighted by atomic mass is 10.1. The van der Waals surface area contributed by atoms with Crippen molar-refractivity contribution in [2.75, 3.05) is 32.1 Å². The molecule has 0 radical (unpaired) electrons. The molecule has 0 aliphatic heterocycles. The zero-order chi connectivity index (χ0) is 21.3. The summed E-state index contributed by atoms with van der Waals surface area (Å²) in [6, 6.07) is 12.0. The molecule has 1 heterocycles. The van der Waals surface area contributed by atoms with Crippen molar-refractivity contribution in [2.24, 2.45) is 4.99 Å². The number of nitrogens with one attached hydrogen (secondary N) is 4. The van der Waals surface area contributed by atoms with Crippen molar-refractivity contribution in [3.8, 4) is 5.75 Å². The zero-order valence-corrected chi connectivity index (χ0v) is 17.1. The van der Waals surface area contributed by atoms with E-state index in [4.69, 9.17) is 4.74 Å². The minimum Gasteiger partial charge on any atom is -0.492 e. The smallest absolute Gasteiger partial charge is 0.221 e. The van der Waals surface area contributed by atoms with Gasteiger partial charge in [0.2, 0.25) is 5.91 Å². The summed E-state index contributed by atoms with van der Waals surface area (Å²) in [6.45, 7) is 3.11. The van der Waals surface area contributed by atoms with Crippen molar-refractivity contribution in [2.45, 2.75) is 13.3 Å². The van der Waals surface area contributed by atoms with Gasteiger partial charge in [0, 0.05) is 49.4 Å². The monoisotopic (exact) mass is 411 g/mol. The fourth-order valence-corrected chi connectivity index (χ4v) is 3.10. The SMILES string of the molecule is CN=C(NCCOc1cccc(NC(C)=O)c1)NCCc1c[nH]c2ccc(F)cc12. The van der Waals surface area contributed by atoms with Gasteiger partial charge < -0.3 is 25.7 Å². The summed E-state index contributed by atoms with van der Waals surface area (Å²) >= 11 is 0. The third-order valence-electron chi connectivity index (χ3n) is 4.46. The van der Waals surface area contributed by atoms with E-state index in [1.54, 1.807) is 31.3 Å². The first-order valence-corrected chi connectivity index (χ1v) is 9.75. The number of hydrogen-bond donors (Lipinski definition) is 4. The first-order chi connectivity index (χ1) is 14.5. The Morgan fingerprint density at radius 2 is 2.00 bits per heavy atom. The summed E-state index contributed by atoms with van der Waals surface area (Å²) in [5.74, 6) is 0.979. The average molecular weight is 411 g/mol. The number of carbonyl (C=O) groups excluding carboxylic acids is 1. The average Bonchev–Trinajstić information content (AvgIpc) is 3.11. The zero-order valence-electron chi connectivity index (χ0n) is 17.1. The lowest BCUT2D eigenvalue weighted by molar-refractivity contribution is -0.114. The summed E-state index contributed by atoms with van der Waals surface area (Å²) in [5.41, 5.74) is 2.67. The normalized spacial score (nSPS) is 11.4. The Labute approximate surface area is 174 Å². The number of anilines is 1. The Balaban J connectivity index is 1.41. The summed E-state index contributed by atoms with van der Waals surface area (Å²) in [6.07, 6.45) is 2.64. The van der Waals surface area contributed by atoms with E-state index in [2.05, 4.69) is 25.9 Å². The second-order valence-electron chi connectivity index (χ2n) is 6.74. The van der Waals surface area contributed by atoms with E-state index in [-0.39, 0.29) is 11.7 Å². The number of amides is 1. The fourth-order valence-electron chi connectivity index (χ4n) is 3.10. The molecule has 0 bridgehead atoms. The maximum atomic E-state index is 13.5. The molecule has 8 heteroatoms. The number of H-pyrrole nitrogens is 1. The molecule has 0 saturated carbocycles. The summed E-state index contributed by atoms with van der Waals surface area (Å²) < 4.78 is 19.2. The second-order valence-corrected chi connectivity index (χ2v) is 6.74. The maximum Gasteiger partial charge on any atom is 0.221 e. The lowest BCUT2D eigenvalue weighted by Crippen LogP contribution is -2.40. The van der Waals surface area contributed by atoms with Crippen molar-refractivity contribution >= 4 is 28.5 Å². The van der Waals surface area contributed by atoms with Crippen molar-refractivity contribution in [3.63, 3.8) is 0 Å². The molecule has 30 heavy (non-hydrogen) atoms. The van der Waals surface area contributed by atoms with Crippen LogP contribution >= 0.6 is 0 Å². The molecule has 0 aliphatic rings. The number of hydrogen-bond acceptors (Lipinski definition) is 3. The molecule has 1 amide bonds. The molecule has 4 N–H and O–H groups in total. The first kappa shape index (κ1) is 21.2. The van der Waals surface area contributed by atoms with Gasteiger partial charge in [-0.05, 0) is 42.3 Å². The number of rotatable bonds is 8. The molecule has 0 saturated heterocycles. The Hall–Kier alpha value is -3.55. The highest BCUT2D eigenvalue weighted by molar-refractivity contribution is 5.88. The van der Waals surface area contributed by atoms with Gasteiger partial charge in [-0.2, -0.15) is 0 Å². The third-order valence-corrected chi connectivity index (χ3v) is 4.46. The number of fused-ring (bicyclic) bond motifs is 1. The van der Waals surface area contributed by atoms with Crippen LogP contribution in [0.2, 0.25) is 0 Å². The number of guanidine groups is 1. The first-order valence-electron chi connectivity index (χ1n) is 9.75. The van der Waals surface area contributed by atoms with Gasteiger partial charge >= 0.3 is 0 Å². The quantitative estimate of drug-likeness (QED) is 0.261. The molecule has 0 aliphatic carbocycles. The van der Waals surface area contributed by atoms with E-state index in [0.717, 1.165) is 22.9 Å². The van der Waals surface area contributed by atoms with Crippen LogP contribution in [0.5, 0.6) is 5.75 Å². The summed E-state index contributed by atoms with van der Waals surface area (Å²) in [7, 11) is 1.70. The number of benzene rings is 2. The minimum atomic E-state index is -0.239. The van der Waals surface area contributed by atoms with Crippen LogP contribution in [0.25, 0.3) is 10.9 Å². The van der Waals surface area contributed by atoms with Gasteiger partial charge in [-0.15, -0.1) is 0 Å². The van der Waals surface area contributed by atoms with Gasteiger partial charge in [0.05, 0.1) is 6.54 Å². The van der Waals surface area contributed by atoms with Gasteiger partial charge in [-0.1, -0.05) is 6.07 Å². The van der Waals surface area contributed by atoms with Crippen molar-refractivity contribution in [1.82, 2.24) is 15.6 Å². The molecule has 158 valence electrons. The predicted octanol–water partition coefficient (Wildman–Crippen LogP) is 3.05. The van der Waals surface area contributed by atoms with E-state index in [0.29, 0.717) is 37.1 Å². The molecule has 0 fully saturated rings. The van der Waals surface area contributed by atoms with Crippen LogP contribution in [0.3, 0.4) is 0 Å². The van der Waals surface area contributed by atoms with Crippen molar-refractivity contribution in [3.05, 3.63) is 60.0 Å². The molecule has 3 aromatic rings. The van der Waals surface area contributed by atoms with Gasteiger partial charge in [-0.3, -0.25) is 9.79 Å². The van der Waals surface area contributed by atoms with E-state index in [1.165, 1.54) is 13.0 Å². The molecular formula is C22H26FN5O2. The van der Waals surface area contributed by atoms with E-state index < -0.39 is 0 Å². The fraction of sp³-hybridized carbons (Fsp3) is 0.273. The Morgan fingerprint density at radius 1 is 1.17 bits per heavy atom. The number of aromatic amines is 1. The highest BCUT2D eigenvalue weighted by Crippen LogP contribution is 2.19. The highest BCUT2D eigenvalue weighted by atomic mass is 19.1. The Kier molecular flexibility index (Phi) is 7.26. The number of carbonyl (C=O) groups is 1. The maximum absolute atomic E-state index is 13.5. The number of aromatic nitrogens is 1. The Bertz CT molecular complexity index is 1030. The van der Waals surface area contributed by atoms with Crippen LogP contribution in [-0.4, -0.2) is 43.6 Å². The van der Waals surface area contributed by atoms with E-state index in [9.17, 15) is 9.18 Å². The minimum absolute atomic E-state index is 0.124. The van der Waals surface area contributed by atoms with E-state index in [1.807, 2.05) is 18.3 Å². The highest BCUT2D eigenvalue weighted by Gasteiger charge is 2.05. The third kappa shape index (κ3) is 5.97. The molecule has 1 aromatic heterocycles. The second kappa shape index (κ2) is 10.3. The van der Waals surface area contributed by atoms with Crippen LogP contribution in [0, 0.1) is 5.82 Å². The molecule has 2 aromatic carbocycles. The van der Waals surface area contributed by atoms with Crippen LogP contribution in [0.4, 0.5) is 10.1 Å². The van der Waals surface area contributed by atoms with Crippen LogP contribution < -0.4 is 20.7 Å². The van der Waals surface area contributed by atoms with Crippen LogP contribution in [0.1, 0.15) is 12.5 Å². The lowest BCUT2D eigenvalue weighted by Gasteiger charge is -2.13. The van der Waals surface area contributed by atoms with Gasteiger partial charge in [0.1, 0.15) is 18.2 Å². The number of ether oxygens (including phenoxy) is 1. The molecule has 7 nitrogen and oxygen atoms in total. The summed E-state index contributed by atoms with van der Waals surface area (Å²) in [5, 5.41) is 10.1. The van der Waals surface area contributed by atoms with Crippen LogP contribution in [-0.2, 0) is 11.2 Å². The van der Waals surface area contributed by atoms with E-state index >= 15 is 0 Å². The predicted molar refractivity (Wildman–Crippen MR) is 118 cm³/mol. The van der Waals surface area contributed by atoms with Gasteiger partial charge in [0.15, 0.2) is 5.96 Å². The topological polar surface area (TPSA) is 90.5 Å².